The second-order valence-corrected chi connectivity index (χ2v) is 8.30. The fourth-order valence-corrected chi connectivity index (χ4v) is 3.90. The molecule has 0 spiro atoms. The van der Waals surface area contributed by atoms with Gasteiger partial charge in [0.2, 0.25) is 5.88 Å². The number of ether oxygens (including phenoxy) is 1. The molecule has 3 rings (SSSR count). The molecule has 0 unspecified atom stereocenters. The van der Waals surface area contributed by atoms with E-state index in [0.29, 0.717) is 0 Å². The van der Waals surface area contributed by atoms with Gasteiger partial charge in [-0.05, 0) is 52.2 Å². The average Bonchev–Trinajstić information content (AvgIpc) is 2.97. The van der Waals surface area contributed by atoms with Crippen molar-refractivity contribution in [1.82, 2.24) is 14.9 Å². The predicted molar refractivity (Wildman–Crippen MR) is 99.7 cm³/mol. The molecule has 5 heteroatoms. The van der Waals surface area contributed by atoms with Gasteiger partial charge in [0.1, 0.15) is 11.1 Å². The third kappa shape index (κ3) is 3.78. The number of aromatic nitrogens is 2. The van der Waals surface area contributed by atoms with E-state index in [1.165, 1.54) is 6.42 Å². The first-order chi connectivity index (χ1) is 11.5. The van der Waals surface area contributed by atoms with Crippen molar-refractivity contribution >= 4 is 11.3 Å². The summed E-state index contributed by atoms with van der Waals surface area (Å²) in [6.07, 6.45) is 7.24. The van der Waals surface area contributed by atoms with Gasteiger partial charge in [0.25, 0.3) is 0 Å². The quantitative estimate of drug-likeness (QED) is 0.797. The lowest BCUT2D eigenvalue weighted by Crippen LogP contribution is -2.49. The summed E-state index contributed by atoms with van der Waals surface area (Å²) in [7, 11) is 0. The van der Waals surface area contributed by atoms with Crippen molar-refractivity contribution in [2.24, 2.45) is 0 Å². The molecule has 2 aromatic rings. The number of piperidine rings is 1. The van der Waals surface area contributed by atoms with Crippen LogP contribution in [0.3, 0.4) is 0 Å². The molecule has 1 aliphatic heterocycles. The standard InChI is InChI=1S/C19H27N3OS/c1-5-19(3,4)22-11-8-16(9-12-22)23-17-14(2)24-18(21-17)15-7-6-10-20-13-15/h6-7,10,13,16H,5,8-9,11-12H2,1-4H3. The number of aryl methyl sites for hydroxylation is 1. The van der Waals surface area contributed by atoms with Crippen LogP contribution in [-0.2, 0) is 0 Å². The lowest BCUT2D eigenvalue weighted by molar-refractivity contribution is 0.0374. The molecular weight excluding hydrogens is 318 g/mol. The summed E-state index contributed by atoms with van der Waals surface area (Å²) in [4.78, 5) is 12.6. The van der Waals surface area contributed by atoms with E-state index in [2.05, 4.69) is 37.6 Å². The topological polar surface area (TPSA) is 38.2 Å². The Morgan fingerprint density at radius 2 is 2.08 bits per heavy atom. The predicted octanol–water partition coefficient (Wildman–Crippen LogP) is 4.55. The summed E-state index contributed by atoms with van der Waals surface area (Å²) < 4.78 is 6.24. The van der Waals surface area contributed by atoms with Gasteiger partial charge in [-0.3, -0.25) is 9.88 Å². The van der Waals surface area contributed by atoms with Gasteiger partial charge in [-0.1, -0.05) is 6.92 Å². The van der Waals surface area contributed by atoms with Gasteiger partial charge in [-0.15, -0.1) is 11.3 Å². The van der Waals surface area contributed by atoms with E-state index in [1.54, 1.807) is 17.5 Å². The second kappa shape index (κ2) is 7.19. The van der Waals surface area contributed by atoms with Crippen LogP contribution in [0.5, 0.6) is 5.88 Å². The highest BCUT2D eigenvalue weighted by Gasteiger charge is 2.30. The van der Waals surface area contributed by atoms with Crippen molar-refractivity contribution in [2.45, 2.75) is 58.6 Å². The van der Waals surface area contributed by atoms with Gasteiger partial charge in [0, 0.05) is 36.6 Å². The van der Waals surface area contributed by atoms with Crippen molar-refractivity contribution in [1.29, 1.82) is 0 Å². The third-order valence-corrected chi connectivity index (χ3v) is 6.11. The van der Waals surface area contributed by atoms with Crippen molar-refractivity contribution < 1.29 is 4.74 Å². The van der Waals surface area contributed by atoms with E-state index >= 15 is 0 Å². The minimum atomic E-state index is 0.274. The molecule has 0 aliphatic carbocycles. The van der Waals surface area contributed by atoms with Gasteiger partial charge in [0.15, 0.2) is 0 Å². The van der Waals surface area contributed by atoms with E-state index in [9.17, 15) is 0 Å². The maximum atomic E-state index is 6.24. The van der Waals surface area contributed by atoms with Crippen LogP contribution in [0.2, 0.25) is 0 Å². The Morgan fingerprint density at radius 1 is 1.33 bits per heavy atom. The maximum absolute atomic E-state index is 6.24. The van der Waals surface area contributed by atoms with E-state index in [4.69, 9.17) is 9.72 Å². The molecule has 0 N–H and O–H groups in total. The van der Waals surface area contributed by atoms with Crippen LogP contribution in [0.4, 0.5) is 0 Å². The number of likely N-dealkylation sites (tertiary alicyclic amines) is 1. The van der Waals surface area contributed by atoms with Crippen molar-refractivity contribution in [3.63, 3.8) is 0 Å². The lowest BCUT2D eigenvalue weighted by atomic mass is 9.95. The molecule has 1 aliphatic rings. The molecule has 0 saturated carbocycles. The number of nitrogens with zero attached hydrogens (tertiary/aromatic N) is 3. The molecule has 0 radical (unpaired) electrons. The normalized spacial score (nSPS) is 17.2. The summed E-state index contributed by atoms with van der Waals surface area (Å²) in [5.74, 6) is 0.798. The van der Waals surface area contributed by atoms with Crippen LogP contribution in [0.25, 0.3) is 10.6 Å². The minimum absolute atomic E-state index is 0.274. The highest BCUT2D eigenvalue weighted by Crippen LogP contribution is 2.33. The Bertz CT molecular complexity index is 661. The molecule has 0 amide bonds. The van der Waals surface area contributed by atoms with Crippen molar-refractivity contribution in [3.8, 4) is 16.5 Å². The van der Waals surface area contributed by atoms with Crippen LogP contribution >= 0.6 is 11.3 Å². The molecule has 1 fully saturated rings. The summed E-state index contributed by atoms with van der Waals surface area (Å²) in [6.45, 7) is 11.2. The molecule has 2 aromatic heterocycles. The van der Waals surface area contributed by atoms with Crippen LogP contribution in [0.1, 0.15) is 44.9 Å². The van der Waals surface area contributed by atoms with Gasteiger partial charge >= 0.3 is 0 Å². The third-order valence-electron chi connectivity index (χ3n) is 5.10. The van der Waals surface area contributed by atoms with Gasteiger partial charge < -0.3 is 4.74 Å². The highest BCUT2D eigenvalue weighted by atomic mass is 32.1. The van der Waals surface area contributed by atoms with Crippen molar-refractivity contribution in [2.75, 3.05) is 13.1 Å². The smallest absolute Gasteiger partial charge is 0.228 e. The minimum Gasteiger partial charge on any atom is -0.473 e. The Hall–Kier alpha value is -1.46. The summed E-state index contributed by atoms with van der Waals surface area (Å²) in [6, 6.07) is 3.98. The SMILES string of the molecule is CCC(C)(C)N1CCC(Oc2nc(-c3cccnc3)sc2C)CC1. The van der Waals surface area contributed by atoms with Gasteiger partial charge in [-0.25, -0.2) is 4.98 Å². The highest BCUT2D eigenvalue weighted by molar-refractivity contribution is 7.15. The van der Waals surface area contributed by atoms with Gasteiger partial charge in [0.05, 0.1) is 4.88 Å². The molecular formula is C19H27N3OS. The Balaban J connectivity index is 1.63. The zero-order valence-electron chi connectivity index (χ0n) is 15.1. The zero-order valence-corrected chi connectivity index (χ0v) is 15.9. The maximum Gasteiger partial charge on any atom is 0.228 e. The molecule has 0 atom stereocenters. The fourth-order valence-electron chi connectivity index (χ4n) is 3.06. The number of thiazole rings is 1. The first kappa shape index (κ1) is 17.4. The monoisotopic (exact) mass is 345 g/mol. The van der Waals surface area contributed by atoms with E-state index in [1.807, 2.05) is 18.3 Å². The number of pyridine rings is 1. The summed E-state index contributed by atoms with van der Waals surface area (Å²) in [5.41, 5.74) is 1.34. The molecule has 0 aromatic carbocycles. The zero-order chi connectivity index (χ0) is 17.2. The molecule has 130 valence electrons. The Labute approximate surface area is 148 Å². The van der Waals surface area contributed by atoms with Crippen LogP contribution < -0.4 is 4.74 Å². The van der Waals surface area contributed by atoms with E-state index in [0.717, 1.165) is 47.3 Å². The van der Waals surface area contributed by atoms with E-state index in [-0.39, 0.29) is 11.6 Å². The van der Waals surface area contributed by atoms with Crippen LogP contribution in [0.15, 0.2) is 24.5 Å². The second-order valence-electron chi connectivity index (χ2n) is 7.09. The number of hydrogen-bond donors (Lipinski definition) is 0. The molecule has 3 heterocycles. The average molecular weight is 346 g/mol. The van der Waals surface area contributed by atoms with Crippen LogP contribution in [-0.4, -0.2) is 39.6 Å². The summed E-state index contributed by atoms with van der Waals surface area (Å²) >= 11 is 1.68. The molecule has 0 bridgehead atoms. The Kier molecular flexibility index (Phi) is 5.21. The number of hydrogen-bond acceptors (Lipinski definition) is 5. The van der Waals surface area contributed by atoms with Crippen LogP contribution in [0, 0.1) is 6.92 Å². The van der Waals surface area contributed by atoms with Crippen molar-refractivity contribution in [3.05, 3.63) is 29.4 Å². The molecule has 24 heavy (non-hydrogen) atoms. The van der Waals surface area contributed by atoms with Gasteiger partial charge in [-0.2, -0.15) is 0 Å². The molecule has 1 saturated heterocycles. The summed E-state index contributed by atoms with van der Waals surface area (Å²) in [5, 5.41) is 0.986. The largest absolute Gasteiger partial charge is 0.473 e. The number of rotatable bonds is 5. The molecule has 4 nitrogen and oxygen atoms in total. The lowest BCUT2D eigenvalue weighted by Gasteiger charge is -2.42. The van der Waals surface area contributed by atoms with E-state index < -0.39 is 0 Å². The fraction of sp³-hybridized carbons (Fsp3) is 0.579. The first-order valence-electron chi connectivity index (χ1n) is 8.79. The Morgan fingerprint density at radius 3 is 2.71 bits per heavy atom. The first-order valence-corrected chi connectivity index (χ1v) is 9.61.